The molecule has 1 atom stereocenters. The van der Waals surface area contributed by atoms with Crippen LogP contribution in [-0.4, -0.2) is 30.0 Å². The molecule has 0 fully saturated rings. The molecule has 1 aliphatic heterocycles. The van der Waals surface area contributed by atoms with E-state index in [-0.39, 0.29) is 23.5 Å². The maximum atomic E-state index is 14.1. The molecule has 6 rings (SSSR count). The number of nitrogens with zero attached hydrogens (tertiary/aromatic N) is 2. The zero-order chi connectivity index (χ0) is 30.8. The highest BCUT2D eigenvalue weighted by atomic mass is 32.1. The van der Waals surface area contributed by atoms with Gasteiger partial charge in [0, 0.05) is 22.8 Å². The number of carbonyl (C=O) groups excluding carboxylic acids is 2. The van der Waals surface area contributed by atoms with E-state index in [4.69, 9.17) is 18.9 Å². The van der Waals surface area contributed by atoms with Crippen LogP contribution < -0.4 is 19.6 Å². The Labute approximate surface area is 256 Å². The Balaban J connectivity index is 1.53. The fourth-order valence-electron chi connectivity index (χ4n) is 5.15. The monoisotopic (exact) mass is 604 g/mol. The first kappa shape index (κ1) is 28.8. The number of methoxy groups -OCH3 is 1. The smallest absolute Gasteiger partial charge is 0.338 e. The molecule has 0 radical (unpaired) electrons. The molecule has 3 heterocycles. The summed E-state index contributed by atoms with van der Waals surface area (Å²) in [4.78, 5) is 44.7. The summed E-state index contributed by atoms with van der Waals surface area (Å²) in [5.74, 6) is 1.10. The van der Waals surface area contributed by atoms with Gasteiger partial charge in [-0.25, -0.2) is 9.79 Å². The molecular formula is C35H28N2O6S. The molecule has 0 amide bonds. The molecule has 0 saturated heterocycles. The second kappa shape index (κ2) is 12.1. The van der Waals surface area contributed by atoms with Gasteiger partial charge in [0.25, 0.3) is 5.56 Å². The van der Waals surface area contributed by atoms with Crippen LogP contribution in [-0.2, 0) is 9.53 Å². The van der Waals surface area contributed by atoms with Gasteiger partial charge in [-0.2, -0.15) is 0 Å². The van der Waals surface area contributed by atoms with Crippen molar-refractivity contribution in [1.82, 2.24) is 4.57 Å². The van der Waals surface area contributed by atoms with Gasteiger partial charge in [-0.1, -0.05) is 78.1 Å². The largest absolute Gasteiger partial charge is 0.497 e. The molecule has 0 aliphatic carbocycles. The number of ether oxygens (including phenoxy) is 2. The van der Waals surface area contributed by atoms with E-state index in [9.17, 15) is 14.4 Å². The van der Waals surface area contributed by atoms with Gasteiger partial charge in [-0.3, -0.25) is 14.2 Å². The lowest BCUT2D eigenvalue weighted by Gasteiger charge is -2.26. The van der Waals surface area contributed by atoms with Crippen molar-refractivity contribution in [3.8, 4) is 17.1 Å². The van der Waals surface area contributed by atoms with Crippen molar-refractivity contribution in [3.05, 3.63) is 139 Å². The number of benzene rings is 3. The predicted octanol–water partition coefficient (Wildman–Crippen LogP) is 5.41. The molecular weight excluding hydrogens is 576 g/mol. The molecule has 0 bridgehead atoms. The summed E-state index contributed by atoms with van der Waals surface area (Å²) in [6.45, 7) is 3.43. The second-order valence-electron chi connectivity index (χ2n) is 10.0. The zero-order valence-corrected chi connectivity index (χ0v) is 25.1. The van der Waals surface area contributed by atoms with E-state index in [1.165, 1.54) is 22.8 Å². The number of esters is 1. The molecule has 0 saturated carbocycles. The van der Waals surface area contributed by atoms with Crippen LogP contribution in [0.3, 0.4) is 0 Å². The predicted molar refractivity (Wildman–Crippen MR) is 168 cm³/mol. The van der Waals surface area contributed by atoms with Gasteiger partial charge in [0.2, 0.25) is 0 Å². The van der Waals surface area contributed by atoms with E-state index < -0.39 is 12.0 Å². The van der Waals surface area contributed by atoms with Crippen molar-refractivity contribution < 1.29 is 23.5 Å². The third-order valence-electron chi connectivity index (χ3n) is 7.26. The maximum absolute atomic E-state index is 14.1. The fourth-order valence-corrected chi connectivity index (χ4v) is 6.13. The van der Waals surface area contributed by atoms with E-state index in [1.807, 2.05) is 66.7 Å². The van der Waals surface area contributed by atoms with E-state index in [1.54, 1.807) is 44.4 Å². The highest BCUT2D eigenvalue weighted by molar-refractivity contribution is 7.07. The standard InChI is InChI=1S/C35H28N2O6S/c1-4-42-34(40)30-31(24-9-6-5-7-10-24)36-35-37(32(30)25-11-8-12-26(19-25)41-3)33(39)29(44-35)20-27-17-18-28(43-27)23-15-13-22(14-16-23)21(2)38/h5-20,32H,4H2,1-3H3/b29-20-/t32-/m0/s1. The molecule has 5 aromatic rings. The second-order valence-corrected chi connectivity index (χ2v) is 11.1. The number of thiazole rings is 1. The van der Waals surface area contributed by atoms with Crippen molar-refractivity contribution in [1.29, 1.82) is 0 Å². The van der Waals surface area contributed by atoms with E-state index in [0.29, 0.717) is 43.4 Å². The van der Waals surface area contributed by atoms with Crippen LogP contribution in [0.2, 0.25) is 0 Å². The summed E-state index contributed by atoms with van der Waals surface area (Å²) in [6.07, 6.45) is 1.68. The Morgan fingerprint density at radius 1 is 0.977 bits per heavy atom. The van der Waals surface area contributed by atoms with Crippen LogP contribution in [0.1, 0.15) is 47.1 Å². The molecule has 0 unspecified atom stereocenters. The number of carbonyl (C=O) groups is 2. The fraction of sp³-hybridized carbons (Fsp3) is 0.143. The molecule has 0 N–H and O–H groups in total. The van der Waals surface area contributed by atoms with Gasteiger partial charge in [-0.15, -0.1) is 0 Å². The van der Waals surface area contributed by atoms with Crippen LogP contribution in [0.25, 0.3) is 23.1 Å². The summed E-state index contributed by atoms with van der Waals surface area (Å²) >= 11 is 1.21. The average Bonchev–Trinajstić information content (AvgIpc) is 3.64. The molecule has 1 aliphatic rings. The lowest BCUT2D eigenvalue weighted by atomic mass is 9.93. The molecule has 44 heavy (non-hydrogen) atoms. The van der Waals surface area contributed by atoms with Crippen LogP contribution in [0.4, 0.5) is 0 Å². The number of furan rings is 1. The minimum Gasteiger partial charge on any atom is -0.497 e. The first-order valence-electron chi connectivity index (χ1n) is 14.0. The Morgan fingerprint density at radius 3 is 2.45 bits per heavy atom. The Kier molecular flexibility index (Phi) is 7.95. The summed E-state index contributed by atoms with van der Waals surface area (Å²) in [5, 5.41) is 0. The van der Waals surface area contributed by atoms with Crippen LogP contribution >= 0.6 is 11.3 Å². The highest BCUT2D eigenvalue weighted by Gasteiger charge is 2.35. The van der Waals surface area contributed by atoms with Gasteiger partial charge < -0.3 is 13.9 Å². The maximum Gasteiger partial charge on any atom is 0.338 e. The van der Waals surface area contributed by atoms with Crippen molar-refractivity contribution in [2.24, 2.45) is 4.99 Å². The van der Waals surface area contributed by atoms with Crippen LogP contribution in [0, 0.1) is 0 Å². The van der Waals surface area contributed by atoms with Gasteiger partial charge in [0.1, 0.15) is 17.3 Å². The first-order chi connectivity index (χ1) is 21.4. The Hall–Kier alpha value is -5.28. The van der Waals surface area contributed by atoms with Crippen molar-refractivity contribution in [2.45, 2.75) is 19.9 Å². The van der Waals surface area contributed by atoms with Crippen molar-refractivity contribution in [3.63, 3.8) is 0 Å². The number of hydrogen-bond donors (Lipinski definition) is 0. The van der Waals surface area contributed by atoms with Crippen LogP contribution in [0.5, 0.6) is 5.75 Å². The normalized spacial score (nSPS) is 14.6. The van der Waals surface area contributed by atoms with Gasteiger partial charge in [0.15, 0.2) is 10.6 Å². The molecule has 3 aromatic carbocycles. The number of aromatic nitrogens is 1. The third kappa shape index (κ3) is 5.45. The molecule has 0 spiro atoms. The highest BCUT2D eigenvalue weighted by Crippen LogP contribution is 2.36. The number of fused-ring (bicyclic) bond motifs is 1. The molecule has 220 valence electrons. The summed E-state index contributed by atoms with van der Waals surface area (Å²) in [6, 6.07) is 26.6. The average molecular weight is 605 g/mol. The Morgan fingerprint density at radius 2 is 1.75 bits per heavy atom. The van der Waals surface area contributed by atoms with E-state index >= 15 is 0 Å². The molecule has 8 nitrogen and oxygen atoms in total. The van der Waals surface area contributed by atoms with E-state index in [0.717, 1.165) is 11.1 Å². The first-order valence-corrected chi connectivity index (χ1v) is 14.8. The molecule has 2 aromatic heterocycles. The van der Waals surface area contributed by atoms with Gasteiger partial charge >= 0.3 is 5.97 Å². The zero-order valence-electron chi connectivity index (χ0n) is 24.3. The Bertz CT molecular complexity index is 2080. The number of ketones is 1. The van der Waals surface area contributed by atoms with Gasteiger partial charge in [0.05, 0.1) is 35.6 Å². The van der Waals surface area contributed by atoms with Crippen LogP contribution in [0.15, 0.2) is 111 Å². The quantitative estimate of drug-likeness (QED) is 0.174. The number of Topliss-reactive ketones (excluding diaryl/α,β-unsaturated/α-hetero) is 1. The SMILES string of the molecule is CCOC(=O)C1=C(c2ccccc2)N=c2s/c(=C\c3ccc(-c4ccc(C(C)=O)cc4)o3)c(=O)n2[C@H]1c1cccc(OC)c1. The lowest BCUT2D eigenvalue weighted by Crippen LogP contribution is -2.40. The summed E-state index contributed by atoms with van der Waals surface area (Å²) < 4.78 is 19.0. The topological polar surface area (TPSA) is 100 Å². The summed E-state index contributed by atoms with van der Waals surface area (Å²) in [5.41, 5.74) is 3.22. The third-order valence-corrected chi connectivity index (χ3v) is 8.24. The lowest BCUT2D eigenvalue weighted by molar-refractivity contribution is -0.138. The van der Waals surface area contributed by atoms with E-state index in [2.05, 4.69) is 0 Å². The number of rotatable bonds is 8. The van der Waals surface area contributed by atoms with Gasteiger partial charge in [-0.05, 0) is 43.7 Å². The molecule has 9 heteroatoms. The summed E-state index contributed by atoms with van der Waals surface area (Å²) in [7, 11) is 1.57. The minimum absolute atomic E-state index is 0.0131. The van der Waals surface area contributed by atoms with Crippen molar-refractivity contribution in [2.75, 3.05) is 13.7 Å². The number of hydrogen-bond acceptors (Lipinski definition) is 8. The minimum atomic E-state index is -0.815. The van der Waals surface area contributed by atoms with Crippen molar-refractivity contribution >= 4 is 34.9 Å².